The van der Waals surface area contributed by atoms with Gasteiger partial charge in [0.1, 0.15) is 0 Å². The molecule has 0 saturated carbocycles. The maximum absolute atomic E-state index is 12.1. The summed E-state index contributed by atoms with van der Waals surface area (Å²) in [4.78, 5) is 14.2. The van der Waals surface area contributed by atoms with Crippen LogP contribution in [0.15, 0.2) is 0 Å². The van der Waals surface area contributed by atoms with Crippen molar-refractivity contribution < 1.29 is 4.79 Å². The molecule has 4 heteroatoms. The molecule has 0 radical (unpaired) electrons. The fourth-order valence-electron chi connectivity index (χ4n) is 2.44. The van der Waals surface area contributed by atoms with E-state index >= 15 is 0 Å². The maximum Gasteiger partial charge on any atom is 0.239 e. The Bertz CT molecular complexity index is 241. The van der Waals surface area contributed by atoms with Crippen LogP contribution in [0.2, 0.25) is 0 Å². The highest BCUT2D eigenvalue weighted by molar-refractivity contribution is 7.99. The van der Waals surface area contributed by atoms with Crippen LogP contribution in [0.4, 0.5) is 0 Å². The first-order chi connectivity index (χ1) is 7.77. The van der Waals surface area contributed by atoms with E-state index in [0.29, 0.717) is 11.2 Å². The number of rotatable bonds is 2. The highest BCUT2D eigenvalue weighted by atomic mass is 32.2. The molecular formula is C12H22N2OS. The number of hydrogen-bond donors (Lipinski definition) is 1. The molecule has 0 aromatic rings. The fourth-order valence-corrected chi connectivity index (χ4v) is 3.76. The third-order valence-corrected chi connectivity index (χ3v) is 4.82. The van der Waals surface area contributed by atoms with Crippen molar-refractivity contribution in [1.29, 1.82) is 0 Å². The van der Waals surface area contributed by atoms with Gasteiger partial charge in [0.2, 0.25) is 5.91 Å². The van der Waals surface area contributed by atoms with Crippen LogP contribution in [0.25, 0.3) is 0 Å². The molecule has 0 spiro atoms. The average molecular weight is 242 g/mol. The molecule has 0 aromatic carbocycles. The molecule has 2 aliphatic rings. The third-order valence-electron chi connectivity index (χ3n) is 3.44. The second-order valence-electron chi connectivity index (χ2n) is 4.80. The minimum absolute atomic E-state index is 0.0103. The Morgan fingerprint density at radius 2 is 2.31 bits per heavy atom. The SMILES string of the molecule is CC1NCCCN(CC2CCCCS2)C1=O. The Kier molecular flexibility index (Phi) is 4.53. The largest absolute Gasteiger partial charge is 0.340 e. The zero-order chi connectivity index (χ0) is 11.4. The highest BCUT2D eigenvalue weighted by Gasteiger charge is 2.26. The van der Waals surface area contributed by atoms with E-state index in [9.17, 15) is 4.79 Å². The molecular weight excluding hydrogens is 220 g/mol. The van der Waals surface area contributed by atoms with Gasteiger partial charge < -0.3 is 10.2 Å². The summed E-state index contributed by atoms with van der Waals surface area (Å²) < 4.78 is 0. The van der Waals surface area contributed by atoms with Gasteiger partial charge in [-0.15, -0.1) is 0 Å². The number of thioether (sulfide) groups is 1. The van der Waals surface area contributed by atoms with Gasteiger partial charge in [0, 0.05) is 18.3 Å². The number of amides is 1. The molecule has 2 atom stereocenters. The van der Waals surface area contributed by atoms with Crippen molar-refractivity contribution >= 4 is 17.7 Å². The van der Waals surface area contributed by atoms with E-state index in [1.165, 1.54) is 25.0 Å². The summed E-state index contributed by atoms with van der Waals surface area (Å²) in [6.45, 7) is 4.86. The minimum atomic E-state index is 0.0103. The van der Waals surface area contributed by atoms with Crippen LogP contribution in [0.1, 0.15) is 32.6 Å². The zero-order valence-corrected chi connectivity index (χ0v) is 10.9. The van der Waals surface area contributed by atoms with E-state index in [1.54, 1.807) is 0 Å². The smallest absolute Gasteiger partial charge is 0.239 e. The summed E-state index contributed by atoms with van der Waals surface area (Å²) >= 11 is 2.05. The van der Waals surface area contributed by atoms with E-state index in [4.69, 9.17) is 0 Å². The van der Waals surface area contributed by atoms with E-state index in [-0.39, 0.29) is 6.04 Å². The summed E-state index contributed by atoms with van der Waals surface area (Å²) in [6, 6.07) is 0.0103. The van der Waals surface area contributed by atoms with Crippen LogP contribution >= 0.6 is 11.8 Å². The molecule has 3 nitrogen and oxygen atoms in total. The monoisotopic (exact) mass is 242 g/mol. The lowest BCUT2D eigenvalue weighted by Gasteiger charge is -2.29. The summed E-state index contributed by atoms with van der Waals surface area (Å²) in [5.74, 6) is 1.57. The van der Waals surface area contributed by atoms with Gasteiger partial charge in [0.25, 0.3) is 0 Å². The lowest BCUT2D eigenvalue weighted by Crippen LogP contribution is -2.44. The molecule has 0 aliphatic carbocycles. The Morgan fingerprint density at radius 3 is 3.06 bits per heavy atom. The van der Waals surface area contributed by atoms with Gasteiger partial charge >= 0.3 is 0 Å². The van der Waals surface area contributed by atoms with E-state index in [0.717, 1.165) is 26.1 Å². The van der Waals surface area contributed by atoms with Crippen molar-refractivity contribution in [3.63, 3.8) is 0 Å². The number of carbonyl (C=O) groups is 1. The van der Waals surface area contributed by atoms with Crippen LogP contribution in [0, 0.1) is 0 Å². The van der Waals surface area contributed by atoms with Gasteiger partial charge in [-0.05, 0) is 38.5 Å². The van der Waals surface area contributed by atoms with E-state index in [2.05, 4.69) is 22.0 Å². The predicted octanol–water partition coefficient (Wildman–Crippen LogP) is 1.48. The molecule has 1 N–H and O–H groups in total. The highest BCUT2D eigenvalue weighted by Crippen LogP contribution is 2.26. The Hall–Kier alpha value is -0.220. The number of nitrogens with one attached hydrogen (secondary N) is 1. The molecule has 2 heterocycles. The van der Waals surface area contributed by atoms with Gasteiger partial charge in [-0.1, -0.05) is 6.42 Å². The van der Waals surface area contributed by atoms with Crippen LogP contribution < -0.4 is 5.32 Å². The summed E-state index contributed by atoms with van der Waals surface area (Å²) in [5, 5.41) is 3.95. The standard InChI is InChI=1S/C12H22N2OS/c1-10-12(15)14(7-4-6-13-10)9-11-5-2-3-8-16-11/h10-11,13H,2-9H2,1H3. The maximum atomic E-state index is 12.1. The lowest BCUT2D eigenvalue weighted by molar-refractivity contribution is -0.132. The van der Waals surface area contributed by atoms with Crippen molar-refractivity contribution in [2.24, 2.45) is 0 Å². The van der Waals surface area contributed by atoms with Gasteiger partial charge in [0.15, 0.2) is 0 Å². The van der Waals surface area contributed by atoms with Gasteiger partial charge in [-0.2, -0.15) is 11.8 Å². The molecule has 2 rings (SSSR count). The molecule has 2 fully saturated rings. The first-order valence-electron chi connectivity index (χ1n) is 6.41. The first kappa shape index (κ1) is 12.2. The zero-order valence-electron chi connectivity index (χ0n) is 10.1. The van der Waals surface area contributed by atoms with Crippen molar-refractivity contribution in [1.82, 2.24) is 10.2 Å². The van der Waals surface area contributed by atoms with Crippen molar-refractivity contribution in [3.05, 3.63) is 0 Å². The van der Waals surface area contributed by atoms with Crippen molar-refractivity contribution in [2.75, 3.05) is 25.4 Å². The van der Waals surface area contributed by atoms with Crippen molar-refractivity contribution in [2.45, 2.75) is 43.9 Å². The van der Waals surface area contributed by atoms with Crippen LogP contribution in [0.3, 0.4) is 0 Å². The molecule has 0 bridgehead atoms. The minimum Gasteiger partial charge on any atom is -0.340 e. The van der Waals surface area contributed by atoms with E-state index < -0.39 is 0 Å². The third kappa shape index (κ3) is 3.14. The second-order valence-corrected chi connectivity index (χ2v) is 6.21. The number of carbonyl (C=O) groups excluding carboxylic acids is 1. The Labute approximate surface area is 102 Å². The molecule has 2 aliphatic heterocycles. The lowest BCUT2D eigenvalue weighted by atomic mass is 10.1. The fraction of sp³-hybridized carbons (Fsp3) is 0.917. The van der Waals surface area contributed by atoms with Crippen LogP contribution in [0.5, 0.6) is 0 Å². The average Bonchev–Trinajstić information content (AvgIpc) is 2.46. The van der Waals surface area contributed by atoms with Gasteiger partial charge in [-0.25, -0.2) is 0 Å². The normalized spacial score (nSPS) is 32.6. The Morgan fingerprint density at radius 1 is 1.44 bits per heavy atom. The molecule has 0 aromatic heterocycles. The number of nitrogens with zero attached hydrogens (tertiary/aromatic N) is 1. The van der Waals surface area contributed by atoms with Crippen molar-refractivity contribution in [3.8, 4) is 0 Å². The first-order valence-corrected chi connectivity index (χ1v) is 7.46. The predicted molar refractivity (Wildman–Crippen MR) is 68.8 cm³/mol. The quantitative estimate of drug-likeness (QED) is 0.796. The molecule has 92 valence electrons. The van der Waals surface area contributed by atoms with Gasteiger partial charge in [-0.3, -0.25) is 4.79 Å². The summed E-state index contributed by atoms with van der Waals surface area (Å²) in [5.41, 5.74) is 0. The van der Waals surface area contributed by atoms with Crippen LogP contribution in [-0.2, 0) is 4.79 Å². The van der Waals surface area contributed by atoms with E-state index in [1.807, 2.05) is 6.92 Å². The summed E-state index contributed by atoms with van der Waals surface area (Å²) in [6.07, 6.45) is 5.07. The summed E-state index contributed by atoms with van der Waals surface area (Å²) in [7, 11) is 0. The Balaban J connectivity index is 1.88. The van der Waals surface area contributed by atoms with Crippen LogP contribution in [-0.4, -0.2) is 47.5 Å². The second kappa shape index (κ2) is 5.92. The number of hydrogen-bond acceptors (Lipinski definition) is 3. The molecule has 1 amide bonds. The molecule has 2 unspecified atom stereocenters. The topological polar surface area (TPSA) is 32.3 Å². The molecule has 16 heavy (non-hydrogen) atoms. The van der Waals surface area contributed by atoms with Gasteiger partial charge in [0.05, 0.1) is 6.04 Å². The molecule has 2 saturated heterocycles.